The molecule has 5 nitrogen and oxygen atoms in total. The monoisotopic (exact) mass is 344 g/mol. The summed E-state index contributed by atoms with van der Waals surface area (Å²) in [6, 6.07) is 4.90. The van der Waals surface area contributed by atoms with E-state index in [1.54, 1.807) is 18.2 Å². The number of benzene rings is 1. The van der Waals surface area contributed by atoms with Crippen molar-refractivity contribution >= 4 is 38.9 Å². The maximum Gasteiger partial charge on any atom is 0.235 e. The average molecular weight is 345 g/mol. The molecule has 0 unspecified atom stereocenters. The molecule has 1 aromatic rings. The van der Waals surface area contributed by atoms with E-state index in [4.69, 9.17) is 11.6 Å². The van der Waals surface area contributed by atoms with Crippen LogP contribution in [0.2, 0.25) is 5.02 Å². The van der Waals surface area contributed by atoms with Crippen LogP contribution in [0.3, 0.4) is 0 Å². The van der Waals surface area contributed by atoms with Crippen LogP contribution in [0.15, 0.2) is 18.2 Å². The molecule has 0 saturated carbocycles. The number of amides is 1. The summed E-state index contributed by atoms with van der Waals surface area (Å²) in [4.78, 5) is 11.9. The van der Waals surface area contributed by atoms with E-state index in [0.29, 0.717) is 41.7 Å². The summed E-state index contributed by atoms with van der Waals surface area (Å²) >= 11 is 6.10. The number of halogens is 1. The minimum absolute atomic E-state index is 0.114. The smallest absolute Gasteiger partial charge is 0.235 e. The molecular formula is C15H21ClN2O3S. The van der Waals surface area contributed by atoms with E-state index in [0.717, 1.165) is 6.42 Å². The van der Waals surface area contributed by atoms with Gasteiger partial charge in [-0.3, -0.25) is 9.10 Å². The zero-order chi connectivity index (χ0) is 16.3. The first-order chi connectivity index (χ1) is 10.3. The van der Waals surface area contributed by atoms with Crippen molar-refractivity contribution in [1.82, 2.24) is 0 Å². The third-order valence-electron chi connectivity index (χ3n) is 3.56. The van der Waals surface area contributed by atoms with Gasteiger partial charge in [-0.2, -0.15) is 0 Å². The van der Waals surface area contributed by atoms with E-state index in [1.165, 1.54) is 4.31 Å². The van der Waals surface area contributed by atoms with Gasteiger partial charge in [-0.05, 0) is 37.0 Å². The third-order valence-corrected chi connectivity index (χ3v) is 5.76. The molecule has 1 saturated heterocycles. The van der Waals surface area contributed by atoms with Gasteiger partial charge < -0.3 is 5.32 Å². The first-order valence-electron chi connectivity index (χ1n) is 7.39. The zero-order valence-electron chi connectivity index (χ0n) is 12.8. The van der Waals surface area contributed by atoms with E-state index < -0.39 is 10.0 Å². The van der Waals surface area contributed by atoms with Crippen LogP contribution in [-0.4, -0.2) is 26.6 Å². The fourth-order valence-corrected chi connectivity index (χ4v) is 4.05. The summed E-state index contributed by atoms with van der Waals surface area (Å²) < 4.78 is 25.3. The van der Waals surface area contributed by atoms with E-state index >= 15 is 0 Å². The minimum atomic E-state index is -3.24. The molecule has 22 heavy (non-hydrogen) atoms. The number of anilines is 2. The first kappa shape index (κ1) is 17.1. The van der Waals surface area contributed by atoms with Crippen LogP contribution in [0.5, 0.6) is 0 Å². The molecule has 0 bridgehead atoms. The highest BCUT2D eigenvalue weighted by Gasteiger charge is 2.28. The zero-order valence-corrected chi connectivity index (χ0v) is 14.4. The van der Waals surface area contributed by atoms with Crippen LogP contribution in [0.25, 0.3) is 0 Å². The number of nitrogens with zero attached hydrogens (tertiary/aromatic N) is 1. The number of rotatable bonds is 5. The molecule has 1 aromatic carbocycles. The van der Waals surface area contributed by atoms with Gasteiger partial charge in [-0.25, -0.2) is 8.42 Å². The highest BCUT2D eigenvalue weighted by molar-refractivity contribution is 7.93. The number of carbonyl (C=O) groups excluding carboxylic acids is 1. The van der Waals surface area contributed by atoms with Gasteiger partial charge in [-0.1, -0.05) is 25.4 Å². The normalized spacial score (nSPS) is 17.0. The Hall–Kier alpha value is -1.27. The standard InChI is InChI=1S/C15H21ClN2O3S/c1-11(2)4-7-15(19)17-14-10-12(5-6-13(14)16)18-8-3-9-22(18,20)21/h5-6,10-11H,3-4,7-9H2,1-2H3,(H,17,19). The maximum absolute atomic E-state index is 12.0. The topological polar surface area (TPSA) is 66.5 Å². The molecule has 0 aromatic heterocycles. The number of sulfonamides is 1. The lowest BCUT2D eigenvalue weighted by atomic mass is 10.1. The number of hydrogen-bond donors (Lipinski definition) is 1. The second-order valence-corrected chi connectivity index (χ2v) is 8.31. The Morgan fingerprint density at radius 1 is 1.41 bits per heavy atom. The molecular weight excluding hydrogens is 324 g/mol. The van der Waals surface area contributed by atoms with Gasteiger partial charge in [0.15, 0.2) is 0 Å². The SMILES string of the molecule is CC(C)CCC(=O)Nc1cc(N2CCCS2(=O)=O)ccc1Cl. The molecule has 1 N–H and O–H groups in total. The van der Waals surface area contributed by atoms with Crippen LogP contribution in [-0.2, 0) is 14.8 Å². The van der Waals surface area contributed by atoms with Crippen molar-refractivity contribution in [2.75, 3.05) is 21.9 Å². The Morgan fingerprint density at radius 2 is 2.14 bits per heavy atom. The van der Waals surface area contributed by atoms with Crippen molar-refractivity contribution in [2.24, 2.45) is 5.92 Å². The summed E-state index contributed by atoms with van der Waals surface area (Å²) in [6.45, 7) is 4.57. The second-order valence-electron chi connectivity index (χ2n) is 5.89. The first-order valence-corrected chi connectivity index (χ1v) is 9.38. The minimum Gasteiger partial charge on any atom is -0.325 e. The van der Waals surface area contributed by atoms with Crippen molar-refractivity contribution in [1.29, 1.82) is 0 Å². The third kappa shape index (κ3) is 4.14. The number of nitrogens with one attached hydrogen (secondary N) is 1. The van der Waals surface area contributed by atoms with Crippen LogP contribution in [0.1, 0.15) is 33.1 Å². The Labute approximate surface area is 136 Å². The predicted octanol–water partition coefficient (Wildman–Crippen LogP) is 3.25. The van der Waals surface area contributed by atoms with Gasteiger partial charge in [0.25, 0.3) is 0 Å². The molecule has 2 rings (SSSR count). The van der Waals surface area contributed by atoms with Gasteiger partial charge >= 0.3 is 0 Å². The van der Waals surface area contributed by atoms with Crippen LogP contribution < -0.4 is 9.62 Å². The van der Waals surface area contributed by atoms with Crippen LogP contribution in [0, 0.1) is 5.92 Å². The summed E-state index contributed by atoms with van der Waals surface area (Å²) in [5.74, 6) is 0.491. The highest BCUT2D eigenvalue weighted by Crippen LogP contribution is 2.31. The molecule has 0 aliphatic carbocycles. The fraction of sp³-hybridized carbons (Fsp3) is 0.533. The van der Waals surface area contributed by atoms with Crippen molar-refractivity contribution in [3.05, 3.63) is 23.2 Å². The van der Waals surface area contributed by atoms with E-state index in [2.05, 4.69) is 19.2 Å². The molecule has 1 aliphatic rings. The van der Waals surface area contributed by atoms with Gasteiger partial charge in [0, 0.05) is 13.0 Å². The van der Waals surface area contributed by atoms with E-state index in [1.807, 2.05) is 0 Å². The molecule has 1 aliphatic heterocycles. The molecule has 122 valence electrons. The van der Waals surface area contributed by atoms with Crippen LogP contribution in [0.4, 0.5) is 11.4 Å². The molecule has 0 atom stereocenters. The Balaban J connectivity index is 2.15. The van der Waals surface area contributed by atoms with Crippen molar-refractivity contribution in [3.8, 4) is 0 Å². The summed E-state index contributed by atoms with van der Waals surface area (Å²) in [7, 11) is -3.24. The highest BCUT2D eigenvalue weighted by atomic mass is 35.5. The summed E-state index contributed by atoms with van der Waals surface area (Å²) in [6.07, 6.45) is 1.82. The van der Waals surface area contributed by atoms with Crippen molar-refractivity contribution in [3.63, 3.8) is 0 Å². The van der Waals surface area contributed by atoms with Crippen LogP contribution >= 0.6 is 11.6 Å². The Morgan fingerprint density at radius 3 is 2.73 bits per heavy atom. The quantitative estimate of drug-likeness (QED) is 0.891. The van der Waals surface area contributed by atoms with Crippen molar-refractivity contribution < 1.29 is 13.2 Å². The van der Waals surface area contributed by atoms with Gasteiger partial charge in [0.2, 0.25) is 15.9 Å². The molecule has 1 amide bonds. The largest absolute Gasteiger partial charge is 0.325 e. The van der Waals surface area contributed by atoms with Gasteiger partial charge in [-0.15, -0.1) is 0 Å². The maximum atomic E-state index is 12.0. The van der Waals surface area contributed by atoms with Gasteiger partial charge in [0.05, 0.1) is 22.2 Å². The molecule has 1 heterocycles. The number of carbonyl (C=O) groups is 1. The fourth-order valence-electron chi connectivity index (χ4n) is 2.33. The van der Waals surface area contributed by atoms with Crippen molar-refractivity contribution in [2.45, 2.75) is 33.1 Å². The van der Waals surface area contributed by atoms with E-state index in [9.17, 15) is 13.2 Å². The lowest BCUT2D eigenvalue weighted by Gasteiger charge is -2.18. The Bertz CT molecular complexity index is 659. The van der Waals surface area contributed by atoms with Gasteiger partial charge in [0.1, 0.15) is 0 Å². The second kappa shape index (κ2) is 6.87. The lowest BCUT2D eigenvalue weighted by Crippen LogP contribution is -2.25. The number of hydrogen-bond acceptors (Lipinski definition) is 3. The summed E-state index contributed by atoms with van der Waals surface area (Å²) in [5.41, 5.74) is 0.996. The molecule has 1 fully saturated rings. The Kier molecular flexibility index (Phi) is 5.34. The molecule has 0 spiro atoms. The average Bonchev–Trinajstić information content (AvgIpc) is 2.78. The predicted molar refractivity (Wildman–Crippen MR) is 89.9 cm³/mol. The summed E-state index contributed by atoms with van der Waals surface area (Å²) in [5, 5.41) is 3.17. The lowest BCUT2D eigenvalue weighted by molar-refractivity contribution is -0.116. The molecule has 7 heteroatoms. The molecule has 0 radical (unpaired) electrons. The van der Waals surface area contributed by atoms with E-state index in [-0.39, 0.29) is 11.7 Å².